The van der Waals surface area contributed by atoms with Crippen LogP contribution < -0.4 is 0 Å². The summed E-state index contributed by atoms with van der Waals surface area (Å²) in [6.07, 6.45) is 0. The minimum Gasteiger partial charge on any atom is -0.436 e. The zero-order valence-corrected chi connectivity index (χ0v) is 12.5. The standard InChI is InChI=1S/C12H14ClN3O2S/c1-4-17-6-10-15-9(13)5-11(16-10)19-12-14-7(2)8(3)18-12/h5H,4,6H2,1-3H3. The van der Waals surface area contributed by atoms with E-state index in [1.165, 1.54) is 11.8 Å². The molecule has 2 heterocycles. The van der Waals surface area contributed by atoms with E-state index in [1.807, 2.05) is 20.8 Å². The average Bonchev–Trinajstić information content (AvgIpc) is 2.65. The second kappa shape index (κ2) is 6.36. The van der Waals surface area contributed by atoms with E-state index >= 15 is 0 Å². The Morgan fingerprint density at radius 3 is 2.74 bits per heavy atom. The smallest absolute Gasteiger partial charge is 0.262 e. The minimum absolute atomic E-state index is 0.342. The molecular formula is C12H14ClN3O2S. The molecule has 2 aromatic rings. The number of oxazole rings is 1. The third-order valence-corrected chi connectivity index (χ3v) is 3.31. The predicted octanol–water partition coefficient (Wildman–Crippen LogP) is 3.42. The van der Waals surface area contributed by atoms with Crippen LogP contribution in [0.3, 0.4) is 0 Å². The maximum absolute atomic E-state index is 5.96. The van der Waals surface area contributed by atoms with E-state index in [0.717, 1.165) is 11.5 Å². The van der Waals surface area contributed by atoms with Crippen molar-refractivity contribution in [3.63, 3.8) is 0 Å². The summed E-state index contributed by atoms with van der Waals surface area (Å²) in [7, 11) is 0. The monoisotopic (exact) mass is 299 g/mol. The van der Waals surface area contributed by atoms with Gasteiger partial charge in [0.15, 0.2) is 5.82 Å². The van der Waals surface area contributed by atoms with Gasteiger partial charge in [0.1, 0.15) is 22.5 Å². The summed E-state index contributed by atoms with van der Waals surface area (Å²) >= 11 is 7.28. The molecule has 0 aliphatic rings. The first kappa shape index (κ1) is 14.3. The summed E-state index contributed by atoms with van der Waals surface area (Å²) < 4.78 is 10.8. The van der Waals surface area contributed by atoms with Crippen molar-refractivity contribution >= 4 is 23.4 Å². The lowest BCUT2D eigenvalue weighted by Gasteiger charge is -2.03. The highest BCUT2D eigenvalue weighted by Crippen LogP contribution is 2.28. The zero-order valence-electron chi connectivity index (χ0n) is 10.9. The van der Waals surface area contributed by atoms with Gasteiger partial charge in [-0.05, 0) is 32.5 Å². The molecule has 0 radical (unpaired) electrons. The highest BCUT2D eigenvalue weighted by Gasteiger charge is 2.10. The van der Waals surface area contributed by atoms with E-state index in [9.17, 15) is 0 Å². The fourth-order valence-corrected chi connectivity index (χ4v) is 2.44. The number of nitrogens with zero attached hydrogens (tertiary/aromatic N) is 3. The normalized spacial score (nSPS) is 10.9. The number of hydrogen-bond acceptors (Lipinski definition) is 6. The molecule has 102 valence electrons. The molecule has 0 aliphatic heterocycles. The molecule has 0 unspecified atom stereocenters. The van der Waals surface area contributed by atoms with Crippen LogP contribution in [0, 0.1) is 13.8 Å². The Balaban J connectivity index is 2.17. The van der Waals surface area contributed by atoms with Gasteiger partial charge in [-0.15, -0.1) is 0 Å². The predicted molar refractivity (Wildman–Crippen MR) is 72.5 cm³/mol. The first-order valence-corrected chi connectivity index (χ1v) is 7.01. The third-order valence-electron chi connectivity index (χ3n) is 2.35. The van der Waals surface area contributed by atoms with Crippen molar-refractivity contribution in [2.24, 2.45) is 0 Å². The summed E-state index contributed by atoms with van der Waals surface area (Å²) in [6.45, 7) is 6.64. The van der Waals surface area contributed by atoms with Gasteiger partial charge in [0.25, 0.3) is 5.22 Å². The van der Waals surface area contributed by atoms with Gasteiger partial charge in [-0.2, -0.15) is 0 Å². The van der Waals surface area contributed by atoms with Gasteiger partial charge in [0.2, 0.25) is 0 Å². The molecule has 0 saturated heterocycles. The van der Waals surface area contributed by atoms with Crippen LogP contribution in [-0.2, 0) is 11.3 Å². The van der Waals surface area contributed by atoms with Crippen molar-refractivity contribution in [1.29, 1.82) is 0 Å². The highest BCUT2D eigenvalue weighted by atomic mass is 35.5. The van der Waals surface area contributed by atoms with Crippen molar-refractivity contribution in [3.8, 4) is 0 Å². The van der Waals surface area contributed by atoms with E-state index in [0.29, 0.717) is 34.4 Å². The quantitative estimate of drug-likeness (QED) is 0.788. The van der Waals surface area contributed by atoms with Crippen molar-refractivity contribution < 1.29 is 9.15 Å². The molecule has 0 aromatic carbocycles. The van der Waals surface area contributed by atoms with E-state index < -0.39 is 0 Å². The Bertz CT molecular complexity index is 555. The molecule has 5 nitrogen and oxygen atoms in total. The number of aromatic nitrogens is 3. The van der Waals surface area contributed by atoms with Crippen LogP contribution in [-0.4, -0.2) is 21.6 Å². The fraction of sp³-hybridized carbons (Fsp3) is 0.417. The largest absolute Gasteiger partial charge is 0.436 e. The summed E-state index contributed by atoms with van der Waals surface area (Å²) in [5, 5.41) is 1.62. The maximum Gasteiger partial charge on any atom is 0.262 e. The van der Waals surface area contributed by atoms with E-state index in [-0.39, 0.29) is 0 Å². The lowest BCUT2D eigenvalue weighted by molar-refractivity contribution is 0.128. The average molecular weight is 300 g/mol. The highest BCUT2D eigenvalue weighted by molar-refractivity contribution is 7.99. The summed E-state index contributed by atoms with van der Waals surface area (Å²) in [4.78, 5) is 12.7. The Morgan fingerprint density at radius 2 is 2.11 bits per heavy atom. The molecule has 0 atom stereocenters. The van der Waals surface area contributed by atoms with Gasteiger partial charge in [0.05, 0.1) is 5.69 Å². The van der Waals surface area contributed by atoms with Crippen molar-refractivity contribution in [1.82, 2.24) is 15.0 Å². The topological polar surface area (TPSA) is 61.0 Å². The Hall–Kier alpha value is -1.11. The molecule has 0 N–H and O–H groups in total. The second-order valence-electron chi connectivity index (χ2n) is 3.81. The van der Waals surface area contributed by atoms with Crippen LogP contribution in [0.4, 0.5) is 0 Å². The Labute approximate surface area is 120 Å². The first-order chi connectivity index (χ1) is 9.08. The van der Waals surface area contributed by atoms with E-state index in [4.69, 9.17) is 20.8 Å². The Kier molecular flexibility index (Phi) is 4.79. The summed E-state index contributed by atoms with van der Waals surface area (Å²) in [6, 6.07) is 1.68. The number of rotatable bonds is 5. The molecular weight excluding hydrogens is 286 g/mol. The number of aryl methyl sites for hydroxylation is 2. The molecule has 2 aromatic heterocycles. The van der Waals surface area contributed by atoms with Gasteiger partial charge < -0.3 is 9.15 Å². The van der Waals surface area contributed by atoms with Gasteiger partial charge in [-0.1, -0.05) is 11.6 Å². The fourth-order valence-electron chi connectivity index (χ4n) is 1.33. The molecule has 2 rings (SSSR count). The van der Waals surface area contributed by atoms with Crippen LogP contribution in [0.25, 0.3) is 0 Å². The molecule has 7 heteroatoms. The van der Waals surface area contributed by atoms with Gasteiger partial charge >= 0.3 is 0 Å². The van der Waals surface area contributed by atoms with Crippen LogP contribution >= 0.6 is 23.4 Å². The van der Waals surface area contributed by atoms with E-state index in [2.05, 4.69) is 15.0 Å². The molecule has 0 aliphatic carbocycles. The van der Waals surface area contributed by atoms with Crippen LogP contribution in [0.2, 0.25) is 5.15 Å². The molecule has 0 saturated carbocycles. The SMILES string of the molecule is CCOCc1nc(Cl)cc(Sc2nc(C)c(C)o2)n1. The van der Waals surface area contributed by atoms with Gasteiger partial charge in [0, 0.05) is 12.7 Å². The summed E-state index contributed by atoms with van der Waals surface area (Å²) in [5.74, 6) is 1.36. The maximum atomic E-state index is 5.96. The molecule has 0 spiro atoms. The molecule has 0 amide bonds. The van der Waals surface area contributed by atoms with Crippen molar-refractivity contribution in [3.05, 3.63) is 28.5 Å². The van der Waals surface area contributed by atoms with Crippen molar-refractivity contribution in [2.75, 3.05) is 6.61 Å². The second-order valence-corrected chi connectivity index (χ2v) is 5.16. The van der Waals surface area contributed by atoms with Crippen LogP contribution in [0.5, 0.6) is 0 Å². The number of halogens is 1. The third kappa shape index (κ3) is 3.92. The first-order valence-electron chi connectivity index (χ1n) is 5.81. The summed E-state index contributed by atoms with van der Waals surface area (Å²) in [5.41, 5.74) is 0.872. The number of hydrogen-bond donors (Lipinski definition) is 0. The molecule has 0 fully saturated rings. The number of ether oxygens (including phenoxy) is 1. The lowest BCUT2D eigenvalue weighted by Crippen LogP contribution is -2.00. The lowest BCUT2D eigenvalue weighted by atomic mass is 10.4. The van der Waals surface area contributed by atoms with E-state index in [1.54, 1.807) is 6.07 Å². The van der Waals surface area contributed by atoms with Gasteiger partial charge in [-0.25, -0.2) is 15.0 Å². The van der Waals surface area contributed by atoms with Crippen LogP contribution in [0.1, 0.15) is 24.2 Å². The zero-order chi connectivity index (χ0) is 13.8. The Morgan fingerprint density at radius 1 is 1.32 bits per heavy atom. The molecule has 19 heavy (non-hydrogen) atoms. The molecule has 0 bridgehead atoms. The van der Waals surface area contributed by atoms with Crippen molar-refractivity contribution in [2.45, 2.75) is 37.6 Å². The van der Waals surface area contributed by atoms with Crippen LogP contribution in [0.15, 0.2) is 20.7 Å². The minimum atomic E-state index is 0.342. The van der Waals surface area contributed by atoms with Gasteiger partial charge in [-0.3, -0.25) is 0 Å².